The van der Waals surface area contributed by atoms with Crippen molar-refractivity contribution in [2.45, 2.75) is 25.4 Å². The Kier molecular flexibility index (Phi) is 6.16. The molecule has 0 amide bonds. The Morgan fingerprint density at radius 3 is 2.70 bits per heavy atom. The van der Waals surface area contributed by atoms with E-state index in [2.05, 4.69) is 15.5 Å². The lowest BCUT2D eigenvalue weighted by molar-refractivity contribution is 0.238. The number of hydrogen-bond donors (Lipinski definition) is 3. The minimum Gasteiger partial charge on any atom is -0.492 e. The van der Waals surface area contributed by atoms with Gasteiger partial charge in [0.1, 0.15) is 12.4 Å². The van der Waals surface area contributed by atoms with Gasteiger partial charge >= 0.3 is 0 Å². The number of likely N-dealkylation sites (tertiary alicyclic amines) is 1. The van der Waals surface area contributed by atoms with Crippen molar-refractivity contribution in [1.82, 2.24) is 10.2 Å². The van der Waals surface area contributed by atoms with E-state index in [4.69, 9.17) is 27.1 Å². The molecule has 4 N–H and O–H groups in total. The molecule has 1 saturated heterocycles. The van der Waals surface area contributed by atoms with Gasteiger partial charge in [-0.2, -0.15) is 0 Å². The minimum atomic E-state index is -0.835. The molecule has 0 saturated carbocycles. The summed E-state index contributed by atoms with van der Waals surface area (Å²) in [6.07, 6.45) is 4.46. The monoisotopic (exact) mass is 425 g/mol. The number of benzene rings is 2. The highest BCUT2D eigenvalue weighted by Crippen LogP contribution is 2.37. The SMILES string of the molecule is CC1=CNC(N)=NC1(Nc1ccc(OCCN2CCCC2)cc1)c1cccc(Cl)c1. The lowest BCUT2D eigenvalue weighted by atomic mass is 9.91. The number of hydrogen-bond acceptors (Lipinski definition) is 6. The molecule has 2 heterocycles. The van der Waals surface area contributed by atoms with Gasteiger partial charge in [0.15, 0.2) is 11.6 Å². The first kappa shape index (κ1) is 20.6. The van der Waals surface area contributed by atoms with Crippen LogP contribution in [-0.2, 0) is 5.66 Å². The summed E-state index contributed by atoms with van der Waals surface area (Å²) in [7, 11) is 0. The molecule has 6 nitrogen and oxygen atoms in total. The second-order valence-electron chi connectivity index (χ2n) is 7.74. The van der Waals surface area contributed by atoms with Crippen molar-refractivity contribution in [2.24, 2.45) is 10.7 Å². The largest absolute Gasteiger partial charge is 0.492 e. The molecular weight excluding hydrogens is 398 g/mol. The molecule has 0 aliphatic carbocycles. The van der Waals surface area contributed by atoms with Crippen molar-refractivity contribution in [3.05, 3.63) is 70.9 Å². The highest BCUT2D eigenvalue weighted by atomic mass is 35.5. The topological polar surface area (TPSA) is 74.9 Å². The van der Waals surface area contributed by atoms with Crippen LogP contribution >= 0.6 is 11.6 Å². The fourth-order valence-electron chi connectivity index (χ4n) is 3.93. The molecule has 0 radical (unpaired) electrons. The van der Waals surface area contributed by atoms with Crippen molar-refractivity contribution < 1.29 is 4.74 Å². The van der Waals surface area contributed by atoms with Crippen LogP contribution in [0.4, 0.5) is 5.69 Å². The van der Waals surface area contributed by atoms with E-state index in [0.717, 1.165) is 29.1 Å². The number of nitrogens with zero attached hydrogens (tertiary/aromatic N) is 2. The fraction of sp³-hybridized carbons (Fsp3) is 0.348. The van der Waals surface area contributed by atoms with Gasteiger partial charge in [-0.25, -0.2) is 4.99 Å². The Hall–Kier alpha value is -2.70. The van der Waals surface area contributed by atoms with E-state index in [-0.39, 0.29) is 0 Å². The van der Waals surface area contributed by atoms with Gasteiger partial charge in [0.25, 0.3) is 0 Å². The molecule has 2 aromatic carbocycles. The third kappa shape index (κ3) is 4.55. The second-order valence-corrected chi connectivity index (χ2v) is 8.17. The molecule has 2 aliphatic heterocycles. The maximum Gasteiger partial charge on any atom is 0.195 e. The normalized spacial score (nSPS) is 21.5. The second kappa shape index (κ2) is 8.98. The van der Waals surface area contributed by atoms with Crippen molar-refractivity contribution in [2.75, 3.05) is 31.6 Å². The highest BCUT2D eigenvalue weighted by Gasteiger charge is 2.36. The van der Waals surface area contributed by atoms with Gasteiger partial charge in [0, 0.05) is 29.0 Å². The lowest BCUT2D eigenvalue weighted by Gasteiger charge is -2.36. The Labute approximate surface area is 182 Å². The molecule has 2 aliphatic rings. The van der Waals surface area contributed by atoms with Crippen LogP contribution in [0.1, 0.15) is 25.3 Å². The average molecular weight is 426 g/mol. The van der Waals surface area contributed by atoms with Crippen LogP contribution in [0.2, 0.25) is 5.02 Å². The summed E-state index contributed by atoms with van der Waals surface area (Å²) >= 11 is 6.27. The average Bonchev–Trinajstić information content (AvgIpc) is 3.25. The third-order valence-corrected chi connectivity index (χ3v) is 5.83. The number of aliphatic imine (C=N–C) groups is 1. The zero-order chi connectivity index (χ0) is 21.0. The summed E-state index contributed by atoms with van der Waals surface area (Å²) in [6.45, 7) is 6.05. The molecule has 0 aromatic heterocycles. The minimum absolute atomic E-state index is 0.343. The van der Waals surface area contributed by atoms with Crippen LogP contribution in [0, 0.1) is 0 Å². The van der Waals surface area contributed by atoms with E-state index in [1.54, 1.807) is 0 Å². The first-order valence-electron chi connectivity index (χ1n) is 10.3. The lowest BCUT2D eigenvalue weighted by Crippen LogP contribution is -2.44. The van der Waals surface area contributed by atoms with Gasteiger partial charge in [0.2, 0.25) is 0 Å². The van der Waals surface area contributed by atoms with Crippen LogP contribution in [-0.4, -0.2) is 37.1 Å². The van der Waals surface area contributed by atoms with Crippen molar-refractivity contribution >= 4 is 23.2 Å². The van der Waals surface area contributed by atoms with Crippen LogP contribution in [0.3, 0.4) is 0 Å². The van der Waals surface area contributed by atoms with E-state index < -0.39 is 5.66 Å². The van der Waals surface area contributed by atoms with Gasteiger partial charge in [-0.05, 0) is 74.8 Å². The molecule has 1 atom stereocenters. The van der Waals surface area contributed by atoms with E-state index in [9.17, 15) is 0 Å². The van der Waals surface area contributed by atoms with E-state index in [0.29, 0.717) is 17.6 Å². The van der Waals surface area contributed by atoms with E-state index >= 15 is 0 Å². The van der Waals surface area contributed by atoms with Crippen LogP contribution in [0.5, 0.6) is 5.75 Å². The molecule has 1 unspecified atom stereocenters. The molecule has 0 spiro atoms. The summed E-state index contributed by atoms with van der Waals surface area (Å²) in [5, 5.41) is 7.18. The van der Waals surface area contributed by atoms with Gasteiger partial charge in [0.05, 0.1) is 0 Å². The van der Waals surface area contributed by atoms with Crippen molar-refractivity contribution in [3.8, 4) is 5.75 Å². The number of nitrogens with two attached hydrogens (primary N) is 1. The Morgan fingerprint density at radius 2 is 1.97 bits per heavy atom. The molecule has 0 bridgehead atoms. The first-order chi connectivity index (χ1) is 14.5. The van der Waals surface area contributed by atoms with Gasteiger partial charge in [-0.1, -0.05) is 23.7 Å². The molecular formula is C23H28ClN5O. The van der Waals surface area contributed by atoms with Crippen LogP contribution in [0.15, 0.2) is 65.3 Å². The number of ether oxygens (including phenoxy) is 1. The molecule has 158 valence electrons. The number of anilines is 1. The Balaban J connectivity index is 1.50. The maximum atomic E-state index is 6.27. The summed E-state index contributed by atoms with van der Waals surface area (Å²) < 4.78 is 5.92. The van der Waals surface area contributed by atoms with E-state index in [1.165, 1.54) is 25.9 Å². The molecule has 4 rings (SSSR count). The number of guanidine groups is 1. The van der Waals surface area contributed by atoms with Gasteiger partial charge in [-0.15, -0.1) is 0 Å². The highest BCUT2D eigenvalue weighted by molar-refractivity contribution is 6.30. The zero-order valence-corrected chi connectivity index (χ0v) is 18.0. The predicted octanol–water partition coefficient (Wildman–Crippen LogP) is 3.90. The fourth-order valence-corrected chi connectivity index (χ4v) is 4.12. The summed E-state index contributed by atoms with van der Waals surface area (Å²) in [4.78, 5) is 7.17. The zero-order valence-electron chi connectivity index (χ0n) is 17.2. The van der Waals surface area contributed by atoms with Gasteiger partial charge in [-0.3, -0.25) is 4.90 Å². The van der Waals surface area contributed by atoms with Gasteiger partial charge < -0.3 is 21.1 Å². The standard InChI is InChI=1S/C23H28ClN5O/c1-17-16-26-22(25)28-23(17,18-5-4-6-19(24)15-18)27-20-7-9-21(10-8-20)30-14-13-29-11-2-3-12-29/h4-10,15-16,27H,2-3,11-14H2,1H3,(H3,25,26,28). The number of rotatable bonds is 7. The number of halogens is 1. The molecule has 7 heteroatoms. The summed E-state index contributed by atoms with van der Waals surface area (Å²) in [5.74, 6) is 1.20. The van der Waals surface area contributed by atoms with Crippen molar-refractivity contribution in [3.63, 3.8) is 0 Å². The first-order valence-corrected chi connectivity index (χ1v) is 10.7. The maximum absolute atomic E-state index is 6.27. The molecule has 30 heavy (non-hydrogen) atoms. The Bertz CT molecular complexity index is 937. The van der Waals surface area contributed by atoms with E-state index in [1.807, 2.05) is 61.7 Å². The number of nitrogens with one attached hydrogen (secondary N) is 2. The summed E-state index contributed by atoms with van der Waals surface area (Å²) in [5.41, 5.74) is 8.00. The molecule has 2 aromatic rings. The molecule has 1 fully saturated rings. The quantitative estimate of drug-likeness (QED) is 0.627. The predicted molar refractivity (Wildman–Crippen MR) is 123 cm³/mol. The van der Waals surface area contributed by atoms with Crippen LogP contribution in [0.25, 0.3) is 0 Å². The summed E-state index contributed by atoms with van der Waals surface area (Å²) in [6, 6.07) is 15.6. The third-order valence-electron chi connectivity index (χ3n) is 5.59. The Morgan fingerprint density at radius 1 is 1.20 bits per heavy atom. The smallest absolute Gasteiger partial charge is 0.195 e. The van der Waals surface area contributed by atoms with Crippen LogP contribution < -0.4 is 21.1 Å². The van der Waals surface area contributed by atoms with Crippen molar-refractivity contribution in [1.29, 1.82) is 0 Å².